The predicted molar refractivity (Wildman–Crippen MR) is 145 cm³/mol. The lowest BCUT2D eigenvalue weighted by Gasteiger charge is -2.25. The molecule has 5 aromatic carbocycles. The van der Waals surface area contributed by atoms with Crippen molar-refractivity contribution in [3.05, 3.63) is 43.7 Å². The molecular weight excluding hydrogens is 508 g/mol. The summed E-state index contributed by atoms with van der Waals surface area (Å²) in [6.45, 7) is 2.86. The molecule has 0 radical (unpaired) electrons. The normalized spacial score (nSPS) is 14.6. The Morgan fingerprint density at radius 2 is 1.08 bits per heavy atom. The SMILES string of the molecule is COc1c(O)c2c(=O)cc3c4c5c(cc(=O)c6c(O)c(OC)c(C[C@@H](C)O)c(c(c1C[C@@H](C)O)c24)c65)OCO3. The van der Waals surface area contributed by atoms with E-state index in [1.807, 2.05) is 0 Å². The molecule has 4 N–H and O–H groups in total. The zero-order chi connectivity index (χ0) is 27.9. The molecule has 0 bridgehead atoms. The Labute approximate surface area is 220 Å². The summed E-state index contributed by atoms with van der Waals surface area (Å²) in [6.07, 6.45) is -1.76. The van der Waals surface area contributed by atoms with Crippen LogP contribution in [0.15, 0.2) is 21.7 Å². The molecule has 1 heterocycles. The van der Waals surface area contributed by atoms with Crippen molar-refractivity contribution in [1.82, 2.24) is 0 Å². The first kappa shape index (κ1) is 25.0. The van der Waals surface area contributed by atoms with Gasteiger partial charge in [-0.3, -0.25) is 9.59 Å². The molecule has 0 amide bonds. The quantitative estimate of drug-likeness (QED) is 0.189. The monoisotopic (exact) mass is 534 g/mol. The molecule has 0 saturated carbocycles. The smallest absolute Gasteiger partial charge is 0.230 e. The van der Waals surface area contributed by atoms with Gasteiger partial charge in [0.2, 0.25) is 6.79 Å². The topological polar surface area (TPSA) is 152 Å². The maximum absolute atomic E-state index is 13.5. The number of phenolic OH excluding ortho intramolecular Hbond substituents is 2. The lowest BCUT2D eigenvalue weighted by molar-refractivity contribution is 0.125. The average Bonchev–Trinajstić information content (AvgIpc) is 3.03. The van der Waals surface area contributed by atoms with Gasteiger partial charge in [0.1, 0.15) is 11.5 Å². The van der Waals surface area contributed by atoms with Crippen LogP contribution in [0.25, 0.3) is 43.1 Å². The van der Waals surface area contributed by atoms with Crippen molar-refractivity contribution in [3.63, 3.8) is 0 Å². The van der Waals surface area contributed by atoms with Gasteiger partial charge < -0.3 is 39.4 Å². The van der Waals surface area contributed by atoms with Gasteiger partial charge in [-0.2, -0.15) is 0 Å². The number of fused-ring (bicyclic) bond motifs is 1. The van der Waals surface area contributed by atoms with Gasteiger partial charge in [0.05, 0.1) is 37.2 Å². The van der Waals surface area contributed by atoms with Crippen LogP contribution >= 0.6 is 0 Å². The zero-order valence-electron chi connectivity index (χ0n) is 21.7. The molecule has 0 unspecified atom stereocenters. The zero-order valence-corrected chi connectivity index (χ0v) is 21.7. The average molecular weight is 535 g/mol. The third-order valence-corrected chi connectivity index (χ3v) is 7.40. The van der Waals surface area contributed by atoms with E-state index >= 15 is 0 Å². The summed E-state index contributed by atoms with van der Waals surface area (Å²) in [5, 5.41) is 45.9. The van der Waals surface area contributed by atoms with Gasteiger partial charge in [-0.05, 0) is 24.6 Å². The molecule has 5 aromatic rings. The van der Waals surface area contributed by atoms with Gasteiger partial charge in [-0.1, -0.05) is 0 Å². The van der Waals surface area contributed by atoms with E-state index in [4.69, 9.17) is 18.9 Å². The van der Waals surface area contributed by atoms with Gasteiger partial charge >= 0.3 is 0 Å². The Morgan fingerprint density at radius 3 is 1.41 bits per heavy atom. The van der Waals surface area contributed by atoms with Crippen LogP contribution in [-0.4, -0.2) is 53.6 Å². The summed E-state index contributed by atoms with van der Waals surface area (Å²) in [5.41, 5.74) is -0.314. The molecule has 1 aliphatic rings. The molecule has 0 aliphatic carbocycles. The molecule has 1 aliphatic heterocycles. The number of hydrogen-bond acceptors (Lipinski definition) is 10. The first-order valence-corrected chi connectivity index (χ1v) is 12.4. The number of benzene rings is 5. The second-order valence-electron chi connectivity index (χ2n) is 9.98. The largest absolute Gasteiger partial charge is 0.504 e. The van der Waals surface area contributed by atoms with Crippen LogP contribution in [0.1, 0.15) is 25.0 Å². The van der Waals surface area contributed by atoms with Gasteiger partial charge in [-0.15, -0.1) is 0 Å². The number of rotatable bonds is 6. The van der Waals surface area contributed by atoms with Crippen molar-refractivity contribution < 1.29 is 39.4 Å². The molecule has 0 spiro atoms. The summed E-state index contributed by atoms with van der Waals surface area (Å²) >= 11 is 0. The highest BCUT2D eigenvalue weighted by molar-refractivity contribution is 6.38. The maximum Gasteiger partial charge on any atom is 0.230 e. The lowest BCUT2D eigenvalue weighted by Crippen LogP contribution is -2.13. The summed E-state index contributed by atoms with van der Waals surface area (Å²) in [4.78, 5) is 26.9. The second kappa shape index (κ2) is 8.62. The molecule has 0 saturated heterocycles. The van der Waals surface area contributed by atoms with Crippen molar-refractivity contribution in [2.75, 3.05) is 21.0 Å². The first-order chi connectivity index (χ1) is 18.6. The van der Waals surface area contributed by atoms with E-state index in [9.17, 15) is 30.0 Å². The standard InChI is InChI=1S/C29H26O10/c1-10(30)5-12-18-19-13(6-11(2)31)29(37-4)27(35)21-15(33)8-17-23(25(19)21)22-16(38-9-39-17)7-14(32)20(24(18)22)26(34)28(12)36-3/h7-8,10-11,30-31,34-35H,5-6,9H2,1-4H3/t10-,11-/m1/s1. The molecule has 202 valence electrons. The summed E-state index contributed by atoms with van der Waals surface area (Å²) in [6, 6.07) is 2.49. The minimum atomic E-state index is -0.891. The van der Waals surface area contributed by atoms with Crippen molar-refractivity contribution >= 4 is 43.1 Å². The number of ether oxygens (including phenoxy) is 4. The highest BCUT2D eigenvalue weighted by Gasteiger charge is 2.33. The molecule has 10 heteroatoms. The number of aliphatic hydroxyl groups is 2. The molecule has 6 rings (SSSR count). The van der Waals surface area contributed by atoms with E-state index in [2.05, 4.69) is 0 Å². The van der Waals surface area contributed by atoms with E-state index in [1.54, 1.807) is 13.8 Å². The van der Waals surface area contributed by atoms with Gasteiger partial charge in [0.25, 0.3) is 0 Å². The molecule has 10 nitrogen and oxygen atoms in total. The number of aromatic hydroxyl groups is 2. The molecule has 2 atom stereocenters. The van der Waals surface area contributed by atoms with Gasteiger partial charge in [0, 0.05) is 57.6 Å². The van der Waals surface area contributed by atoms with Crippen LogP contribution in [0.4, 0.5) is 0 Å². The summed E-state index contributed by atoms with van der Waals surface area (Å²) < 4.78 is 22.8. The Morgan fingerprint density at radius 1 is 0.692 bits per heavy atom. The van der Waals surface area contributed by atoms with Crippen LogP contribution in [0.3, 0.4) is 0 Å². The fourth-order valence-corrected chi connectivity index (χ4v) is 6.13. The van der Waals surface area contributed by atoms with E-state index in [1.165, 1.54) is 26.4 Å². The second-order valence-corrected chi connectivity index (χ2v) is 9.98. The summed E-state index contributed by atoms with van der Waals surface area (Å²) in [5.74, 6) is -0.447. The number of methoxy groups -OCH3 is 2. The van der Waals surface area contributed by atoms with E-state index < -0.39 is 34.6 Å². The fraction of sp³-hybridized carbons (Fsp3) is 0.310. The van der Waals surface area contributed by atoms with Crippen molar-refractivity contribution in [2.45, 2.75) is 38.9 Å². The van der Waals surface area contributed by atoms with E-state index in [0.29, 0.717) is 43.4 Å². The van der Waals surface area contributed by atoms with Crippen molar-refractivity contribution in [2.24, 2.45) is 0 Å². The number of hydrogen-bond donors (Lipinski definition) is 4. The minimum absolute atomic E-state index is 0.00798. The number of phenols is 2. The van der Waals surface area contributed by atoms with Crippen molar-refractivity contribution in [3.8, 4) is 34.5 Å². The van der Waals surface area contributed by atoms with Crippen LogP contribution in [0.5, 0.6) is 34.5 Å². The maximum atomic E-state index is 13.5. The molecule has 39 heavy (non-hydrogen) atoms. The van der Waals surface area contributed by atoms with Gasteiger partial charge in [-0.25, -0.2) is 0 Å². The fourth-order valence-electron chi connectivity index (χ4n) is 6.13. The van der Waals surface area contributed by atoms with Crippen LogP contribution in [0, 0.1) is 0 Å². The van der Waals surface area contributed by atoms with Crippen LogP contribution in [0.2, 0.25) is 0 Å². The van der Waals surface area contributed by atoms with Crippen LogP contribution in [-0.2, 0) is 12.8 Å². The Balaban J connectivity index is 2.13. The predicted octanol–water partition coefficient (Wildman–Crippen LogP) is 2.90. The van der Waals surface area contributed by atoms with E-state index in [-0.39, 0.29) is 53.4 Å². The Kier molecular flexibility index (Phi) is 5.53. The lowest BCUT2D eigenvalue weighted by atomic mass is 9.82. The highest BCUT2D eigenvalue weighted by atomic mass is 16.7. The van der Waals surface area contributed by atoms with Gasteiger partial charge in [0.15, 0.2) is 33.9 Å². The molecular formula is C29H26O10. The minimum Gasteiger partial charge on any atom is -0.504 e. The Hall–Kier alpha value is -4.28. The third-order valence-electron chi connectivity index (χ3n) is 7.40. The third kappa shape index (κ3) is 3.28. The number of aliphatic hydroxyl groups excluding tert-OH is 2. The van der Waals surface area contributed by atoms with E-state index in [0.717, 1.165) is 0 Å². The first-order valence-electron chi connectivity index (χ1n) is 12.4. The molecule has 0 aromatic heterocycles. The Bertz CT molecular complexity index is 1790. The van der Waals surface area contributed by atoms with Crippen LogP contribution < -0.4 is 29.8 Å². The van der Waals surface area contributed by atoms with Crippen molar-refractivity contribution in [1.29, 1.82) is 0 Å². The summed E-state index contributed by atoms with van der Waals surface area (Å²) in [7, 11) is 2.69. The highest BCUT2D eigenvalue weighted by Crippen LogP contribution is 2.55. The molecule has 0 fully saturated rings.